The number of nitrogens with zero attached hydrogens (tertiary/aromatic N) is 1. The van der Waals surface area contributed by atoms with Crippen molar-refractivity contribution >= 4 is 5.78 Å². The summed E-state index contributed by atoms with van der Waals surface area (Å²) in [5.74, 6) is 1.67. The summed E-state index contributed by atoms with van der Waals surface area (Å²) in [6.07, 6.45) is 7.55. The van der Waals surface area contributed by atoms with Crippen molar-refractivity contribution in [2.24, 2.45) is 5.92 Å². The van der Waals surface area contributed by atoms with E-state index in [-0.39, 0.29) is 0 Å². The van der Waals surface area contributed by atoms with Crippen LogP contribution in [0, 0.1) is 5.92 Å². The van der Waals surface area contributed by atoms with E-state index in [1.807, 2.05) is 18.2 Å². The molecule has 0 saturated heterocycles. The minimum atomic E-state index is 0.302. The molecule has 178 valence electrons. The van der Waals surface area contributed by atoms with Gasteiger partial charge in [0.05, 0.1) is 0 Å². The van der Waals surface area contributed by atoms with Crippen LogP contribution in [-0.2, 0) is 24.4 Å². The van der Waals surface area contributed by atoms with Gasteiger partial charge in [-0.15, -0.1) is 0 Å². The van der Waals surface area contributed by atoms with Crippen molar-refractivity contribution in [3.63, 3.8) is 0 Å². The van der Waals surface area contributed by atoms with Crippen LogP contribution in [0.25, 0.3) is 0 Å². The van der Waals surface area contributed by atoms with Crippen molar-refractivity contribution in [2.45, 2.75) is 58.1 Å². The van der Waals surface area contributed by atoms with Crippen LogP contribution in [-0.4, -0.2) is 23.8 Å². The summed E-state index contributed by atoms with van der Waals surface area (Å²) < 4.78 is 5.93. The SMILES string of the molecule is O=C(CCN(CCc1ccc(OCc2ccccc2)cc1)Cc1ccccc1)C1CCCCC1. The highest BCUT2D eigenvalue weighted by Gasteiger charge is 2.21. The average Bonchev–Trinajstić information content (AvgIpc) is 2.91. The van der Waals surface area contributed by atoms with E-state index < -0.39 is 0 Å². The maximum absolute atomic E-state index is 12.8. The normalized spacial score (nSPS) is 14.3. The third-order valence-electron chi connectivity index (χ3n) is 6.87. The van der Waals surface area contributed by atoms with Gasteiger partial charge in [0.2, 0.25) is 0 Å². The second kappa shape index (κ2) is 13.1. The number of hydrogen-bond acceptors (Lipinski definition) is 3. The predicted molar refractivity (Wildman–Crippen MR) is 139 cm³/mol. The van der Waals surface area contributed by atoms with Gasteiger partial charge in [-0.2, -0.15) is 0 Å². The number of hydrogen-bond donors (Lipinski definition) is 0. The van der Waals surface area contributed by atoms with Crippen LogP contribution in [0.2, 0.25) is 0 Å². The maximum atomic E-state index is 12.8. The van der Waals surface area contributed by atoms with E-state index in [9.17, 15) is 4.79 Å². The molecule has 0 N–H and O–H groups in total. The molecule has 1 aliphatic rings. The molecule has 1 aliphatic carbocycles. The molecule has 1 saturated carbocycles. The zero-order valence-corrected chi connectivity index (χ0v) is 20.2. The van der Waals surface area contributed by atoms with E-state index in [0.29, 0.717) is 24.7 Å². The summed E-state index contributed by atoms with van der Waals surface area (Å²) in [7, 11) is 0. The van der Waals surface area contributed by atoms with E-state index >= 15 is 0 Å². The quantitative estimate of drug-likeness (QED) is 0.299. The van der Waals surface area contributed by atoms with Crippen molar-refractivity contribution in [3.8, 4) is 5.75 Å². The Bertz CT molecular complexity index is 979. The van der Waals surface area contributed by atoms with Gasteiger partial charge in [-0.1, -0.05) is 92.1 Å². The zero-order chi connectivity index (χ0) is 23.4. The Kier molecular flexibility index (Phi) is 9.33. The molecule has 3 aromatic rings. The van der Waals surface area contributed by atoms with Gasteiger partial charge < -0.3 is 4.74 Å². The first-order valence-corrected chi connectivity index (χ1v) is 12.8. The van der Waals surface area contributed by atoms with Crippen molar-refractivity contribution in [1.29, 1.82) is 0 Å². The molecule has 3 aromatic carbocycles. The fourth-order valence-electron chi connectivity index (χ4n) is 4.79. The molecule has 1 fully saturated rings. The molecule has 4 rings (SSSR count). The third-order valence-corrected chi connectivity index (χ3v) is 6.87. The van der Waals surface area contributed by atoms with Gasteiger partial charge in [0.1, 0.15) is 18.1 Å². The van der Waals surface area contributed by atoms with E-state index in [4.69, 9.17) is 4.74 Å². The predicted octanol–water partition coefficient (Wildman–Crippen LogP) is 6.85. The van der Waals surface area contributed by atoms with E-state index in [1.165, 1.54) is 36.0 Å². The van der Waals surface area contributed by atoms with E-state index in [2.05, 4.69) is 71.6 Å². The van der Waals surface area contributed by atoms with Crippen molar-refractivity contribution < 1.29 is 9.53 Å². The lowest BCUT2D eigenvalue weighted by atomic mass is 9.85. The van der Waals surface area contributed by atoms with Gasteiger partial charge in [0, 0.05) is 32.0 Å². The second-order valence-electron chi connectivity index (χ2n) is 9.48. The fourth-order valence-corrected chi connectivity index (χ4v) is 4.79. The molecule has 0 amide bonds. The molecule has 0 atom stereocenters. The smallest absolute Gasteiger partial charge is 0.137 e. The molecular weight excluding hydrogens is 418 g/mol. The highest BCUT2D eigenvalue weighted by atomic mass is 16.5. The molecule has 34 heavy (non-hydrogen) atoms. The molecule has 3 heteroatoms. The zero-order valence-electron chi connectivity index (χ0n) is 20.2. The maximum Gasteiger partial charge on any atom is 0.137 e. The Morgan fingerprint density at radius 1 is 0.735 bits per heavy atom. The van der Waals surface area contributed by atoms with E-state index in [0.717, 1.165) is 44.6 Å². The summed E-state index contributed by atoms with van der Waals surface area (Å²) in [5.41, 5.74) is 3.77. The standard InChI is InChI=1S/C31H37NO2/c33-31(29-14-8-3-9-15-29)21-23-32(24-27-10-4-1-5-11-27)22-20-26-16-18-30(19-17-26)34-25-28-12-6-2-7-13-28/h1-2,4-7,10-13,16-19,29H,3,8-9,14-15,20-25H2. The molecule has 0 bridgehead atoms. The first-order valence-electron chi connectivity index (χ1n) is 12.8. The second-order valence-corrected chi connectivity index (χ2v) is 9.48. The lowest BCUT2D eigenvalue weighted by molar-refractivity contribution is -0.124. The molecule has 3 nitrogen and oxygen atoms in total. The number of benzene rings is 3. The molecule has 0 aromatic heterocycles. The summed E-state index contributed by atoms with van der Waals surface area (Å²) >= 11 is 0. The van der Waals surface area contributed by atoms with Crippen LogP contribution in [0.3, 0.4) is 0 Å². The largest absolute Gasteiger partial charge is 0.489 e. The number of Topliss-reactive ketones (excluding diaryl/α,β-unsaturated/α-hetero) is 1. The first-order chi connectivity index (χ1) is 16.8. The number of ether oxygens (including phenoxy) is 1. The number of carbonyl (C=O) groups excluding carboxylic acids is 1. The van der Waals surface area contributed by atoms with Crippen molar-refractivity contribution in [1.82, 2.24) is 4.90 Å². The van der Waals surface area contributed by atoms with Crippen LogP contribution < -0.4 is 4.74 Å². The van der Waals surface area contributed by atoms with Gasteiger partial charge in [-0.3, -0.25) is 9.69 Å². The van der Waals surface area contributed by atoms with Gasteiger partial charge >= 0.3 is 0 Å². The van der Waals surface area contributed by atoms with Gasteiger partial charge in [0.15, 0.2) is 0 Å². The Morgan fingerprint density at radius 2 is 1.38 bits per heavy atom. The van der Waals surface area contributed by atoms with Gasteiger partial charge in [-0.25, -0.2) is 0 Å². The third kappa shape index (κ3) is 7.85. The van der Waals surface area contributed by atoms with Crippen LogP contribution >= 0.6 is 0 Å². The van der Waals surface area contributed by atoms with Crippen LogP contribution in [0.15, 0.2) is 84.9 Å². The molecule has 0 heterocycles. The van der Waals surface area contributed by atoms with Gasteiger partial charge in [0.25, 0.3) is 0 Å². The van der Waals surface area contributed by atoms with Crippen molar-refractivity contribution in [2.75, 3.05) is 13.1 Å². The summed E-state index contributed by atoms with van der Waals surface area (Å²) in [5, 5.41) is 0. The fraction of sp³-hybridized carbons (Fsp3) is 0.387. The molecule has 0 radical (unpaired) electrons. The van der Waals surface area contributed by atoms with Crippen LogP contribution in [0.5, 0.6) is 5.75 Å². The lowest BCUT2D eigenvalue weighted by Gasteiger charge is -2.25. The Hall–Kier alpha value is -2.91. The minimum absolute atomic E-state index is 0.302. The van der Waals surface area contributed by atoms with Crippen molar-refractivity contribution in [3.05, 3.63) is 102 Å². The first kappa shape index (κ1) is 24.2. The molecule has 0 unspecified atom stereocenters. The van der Waals surface area contributed by atoms with Gasteiger partial charge in [-0.05, 0) is 48.1 Å². The highest BCUT2D eigenvalue weighted by Crippen LogP contribution is 2.25. The number of carbonyl (C=O) groups is 1. The number of ketones is 1. The molecular formula is C31H37NO2. The summed E-state index contributed by atoms with van der Waals surface area (Å²) in [4.78, 5) is 15.2. The Balaban J connectivity index is 1.29. The van der Waals surface area contributed by atoms with Crippen LogP contribution in [0.4, 0.5) is 0 Å². The molecule has 0 aliphatic heterocycles. The Labute approximate surface area is 204 Å². The average molecular weight is 456 g/mol. The van der Waals surface area contributed by atoms with E-state index in [1.54, 1.807) is 0 Å². The summed E-state index contributed by atoms with van der Waals surface area (Å²) in [6.45, 7) is 3.25. The minimum Gasteiger partial charge on any atom is -0.489 e. The lowest BCUT2D eigenvalue weighted by Crippen LogP contribution is -2.30. The summed E-state index contributed by atoms with van der Waals surface area (Å²) in [6, 6.07) is 29.3. The number of rotatable bonds is 12. The van der Waals surface area contributed by atoms with Crippen LogP contribution in [0.1, 0.15) is 55.2 Å². The highest BCUT2D eigenvalue weighted by molar-refractivity contribution is 5.81. The topological polar surface area (TPSA) is 29.5 Å². The Morgan fingerprint density at radius 3 is 2.06 bits per heavy atom. The monoisotopic (exact) mass is 455 g/mol. The molecule has 0 spiro atoms.